The number of aromatic nitrogens is 1. The first-order valence-electron chi connectivity index (χ1n) is 22.2. The molecule has 1 N–H and O–H groups in total. The molecule has 342 valence electrons. The van der Waals surface area contributed by atoms with E-state index >= 15 is 0 Å². The van der Waals surface area contributed by atoms with Crippen LogP contribution in [0.25, 0.3) is 11.1 Å². The first-order valence-corrected chi connectivity index (χ1v) is 25.9. The summed E-state index contributed by atoms with van der Waals surface area (Å²) in [6.07, 6.45) is 19.5. The van der Waals surface area contributed by atoms with Crippen molar-refractivity contribution < 1.29 is 23.0 Å². The van der Waals surface area contributed by atoms with Crippen LogP contribution >= 0.6 is 31.9 Å². The van der Waals surface area contributed by atoms with E-state index in [1.807, 2.05) is 45.9 Å². The molecule has 1 aromatic heterocycles. The normalized spacial score (nSPS) is 12.1. The van der Waals surface area contributed by atoms with Gasteiger partial charge in [-0.3, -0.25) is 0 Å². The Morgan fingerprint density at radius 3 is 1.68 bits per heavy atom. The van der Waals surface area contributed by atoms with Crippen LogP contribution < -0.4 is 4.98 Å². The van der Waals surface area contributed by atoms with Gasteiger partial charge >= 0.3 is 123 Å². The summed E-state index contributed by atoms with van der Waals surface area (Å²) in [6.45, 7) is 27.8. The first kappa shape index (κ1) is 57.5. The molecule has 2 aliphatic carbocycles. The molecule has 7 rings (SSSR count). The molecule has 0 saturated heterocycles. The van der Waals surface area contributed by atoms with Crippen LogP contribution in [0.3, 0.4) is 0 Å². The molecule has 0 radical (unpaired) electrons. The van der Waals surface area contributed by atoms with Gasteiger partial charge in [-0.2, -0.15) is 11.4 Å². The number of aryl methyl sites for hydroxylation is 5. The molecule has 0 saturated carbocycles. The number of aromatic hydroxyl groups is 1. The monoisotopic (exact) mass is 1060 g/mol. The van der Waals surface area contributed by atoms with Crippen LogP contribution in [0, 0.1) is 27.7 Å². The van der Waals surface area contributed by atoms with Gasteiger partial charge in [0.05, 0.1) is 4.47 Å². The third kappa shape index (κ3) is 19.2. The van der Waals surface area contributed by atoms with Crippen LogP contribution in [0.15, 0.2) is 129 Å². The summed E-state index contributed by atoms with van der Waals surface area (Å²) in [4.78, 5) is 4.11. The topological polar surface area (TPSA) is 46.7 Å². The summed E-state index contributed by atoms with van der Waals surface area (Å²) in [5, 5.41) is 11.0. The van der Waals surface area contributed by atoms with E-state index in [0.717, 1.165) is 65.6 Å². The molecule has 0 aliphatic heterocycles. The molecule has 2 aliphatic rings. The third-order valence-corrected chi connectivity index (χ3v) is 14.4. The number of benzene rings is 4. The number of halogens is 2. The number of phenols is 1. The maximum atomic E-state index is 11.0. The van der Waals surface area contributed by atoms with Crippen molar-refractivity contribution in [1.82, 2.24) is 4.98 Å². The van der Waals surface area contributed by atoms with Crippen molar-refractivity contribution in [2.45, 2.75) is 146 Å². The van der Waals surface area contributed by atoms with Gasteiger partial charge in [0, 0.05) is 10.0 Å². The number of hydrogen-bond acceptors (Lipinski definition) is 2. The predicted molar refractivity (Wildman–Crippen MR) is 283 cm³/mol. The Balaban J connectivity index is 0.000000449. The fourth-order valence-electron chi connectivity index (χ4n) is 7.09. The van der Waals surface area contributed by atoms with Crippen LogP contribution in [-0.2, 0) is 49.0 Å². The van der Waals surface area contributed by atoms with E-state index in [0.29, 0.717) is 5.75 Å². The van der Waals surface area contributed by atoms with Crippen molar-refractivity contribution in [2.75, 3.05) is 0 Å². The molecule has 0 atom stereocenters. The third-order valence-electron chi connectivity index (χ3n) is 10.5. The summed E-state index contributed by atoms with van der Waals surface area (Å²) in [5.41, 5.74) is 15.4. The molecule has 0 fully saturated rings. The molecule has 6 heteroatoms. The summed E-state index contributed by atoms with van der Waals surface area (Å²) >= 11 is 6.89. The minimum atomic E-state index is -0.473. The van der Waals surface area contributed by atoms with E-state index in [2.05, 4.69) is 175 Å². The van der Waals surface area contributed by atoms with Gasteiger partial charge in [-0.05, 0) is 146 Å². The summed E-state index contributed by atoms with van der Waals surface area (Å²) in [6, 6.07) is 27.4. The molecule has 5 aromatic rings. The van der Waals surface area contributed by atoms with Gasteiger partial charge in [0.1, 0.15) is 5.75 Å². The van der Waals surface area contributed by atoms with Gasteiger partial charge in [0.25, 0.3) is 0 Å². The second-order valence-corrected chi connectivity index (χ2v) is 19.4. The molecule has 4 aromatic carbocycles. The van der Waals surface area contributed by atoms with E-state index in [1.165, 1.54) is 74.7 Å². The quantitative estimate of drug-likeness (QED) is 0.136. The molecule has 0 amide bonds. The minimum absolute atomic E-state index is 0. The van der Waals surface area contributed by atoms with Crippen molar-refractivity contribution in [2.24, 2.45) is 3.50 Å². The van der Waals surface area contributed by atoms with Crippen molar-refractivity contribution >= 4 is 41.9 Å². The standard InChI is InChI=1S/C21H22Br2O.C10H12.C7H7N.C6H8N.C5H10.C4H8.C3H6.CH4.Mo/c1-12-17(22)10-13-6-2-4-8-15(13)19(12)20-16-9-5-3-7-14(16)11-18(23)21(20)24;1-10(2,3)9-7-5-4-6-8-9;1-6-4-2-3-5-7(6)8;1-5-3-4-6(2)7-5;1-3-5-4-2;1-3-4-2;1-3-2;;/h10-11,24H,2-9H2,1H3;1,4-8H,2-3H3;2-5H,1H3;3-4H,1-2H3;3,5H,4H2,1-2H3;3H,1,4H2,2H3;3H,1H2,2H3;1H4;/q;;;-1;;;;;/b;;;;5-3-;;;;. The van der Waals surface area contributed by atoms with Gasteiger partial charge in [-0.1, -0.05) is 87.5 Å². The first-order chi connectivity index (χ1) is 29.7. The fourth-order valence-corrected chi connectivity index (χ4v) is 9.94. The number of allylic oxidation sites excluding steroid dienone is 4. The Labute approximate surface area is 409 Å². The molecule has 1 heterocycles. The van der Waals surface area contributed by atoms with Crippen LogP contribution in [0.5, 0.6) is 5.75 Å². The van der Waals surface area contributed by atoms with E-state index < -0.39 is 17.9 Å². The molecule has 0 spiro atoms. The van der Waals surface area contributed by atoms with Gasteiger partial charge in [0.2, 0.25) is 0 Å². The molecule has 3 nitrogen and oxygen atoms in total. The number of nitrogens with zero attached hydrogens (tertiary/aromatic N) is 2. The summed E-state index contributed by atoms with van der Waals surface area (Å²) in [5.74, 6) is 0.421. The zero-order valence-electron chi connectivity index (χ0n) is 39.4. The predicted octanol–water partition coefficient (Wildman–Crippen LogP) is 18.0. The summed E-state index contributed by atoms with van der Waals surface area (Å²) < 4.78 is 9.20. The molecular formula is C57H77Br2MoN2O-. The molecule has 63 heavy (non-hydrogen) atoms. The van der Waals surface area contributed by atoms with E-state index in [9.17, 15) is 5.11 Å². The van der Waals surface area contributed by atoms with E-state index in [4.69, 9.17) is 3.50 Å². The SMILES string of the molecule is C.C/C=C\CC.C=CC.C=CCC.Cc1c(Br)cc2c(c1-c1c(O)c(Br)cc3c1CCCC3)CCCC2.Cc1ccc(C)[n-]1.Cc1ccccc1[N]=[Mo]=[CH]C(C)(C)c1ccccc1. The van der Waals surface area contributed by atoms with Gasteiger partial charge < -0.3 is 10.1 Å². The fraction of sp³-hybridized carbons (Fsp3) is 0.386. The molecule has 0 bridgehead atoms. The Morgan fingerprint density at radius 2 is 1.22 bits per heavy atom. The van der Waals surface area contributed by atoms with Crippen molar-refractivity contribution in [3.8, 4) is 16.9 Å². The Bertz CT molecular complexity index is 2140. The van der Waals surface area contributed by atoms with Crippen molar-refractivity contribution in [3.63, 3.8) is 0 Å². The Morgan fingerprint density at radius 1 is 0.730 bits per heavy atom. The average molecular weight is 1060 g/mol. The van der Waals surface area contributed by atoms with Crippen LogP contribution in [-0.4, -0.2) is 9.51 Å². The van der Waals surface area contributed by atoms with E-state index in [-0.39, 0.29) is 12.8 Å². The average Bonchev–Trinajstić information content (AvgIpc) is 3.66. The number of phenolic OH excluding ortho intramolecular Hbond substituents is 1. The van der Waals surface area contributed by atoms with Crippen LogP contribution in [0.4, 0.5) is 5.69 Å². The van der Waals surface area contributed by atoms with Gasteiger partial charge in [-0.15, -0.1) is 13.2 Å². The number of fused-ring (bicyclic) bond motifs is 2. The van der Waals surface area contributed by atoms with E-state index in [1.54, 1.807) is 6.08 Å². The molecule has 0 unspecified atom stereocenters. The number of hydrogen-bond donors (Lipinski definition) is 1. The second kappa shape index (κ2) is 31.4. The maximum absolute atomic E-state index is 11.0. The number of rotatable bonds is 6. The van der Waals surface area contributed by atoms with Crippen LogP contribution in [0.2, 0.25) is 0 Å². The zero-order valence-corrected chi connectivity index (χ0v) is 44.6. The molecular weight excluding hydrogens is 984 g/mol. The van der Waals surface area contributed by atoms with Crippen molar-refractivity contribution in [1.29, 1.82) is 0 Å². The van der Waals surface area contributed by atoms with Gasteiger partial charge in [0.15, 0.2) is 0 Å². The Kier molecular flexibility index (Phi) is 28.7. The Hall–Kier alpha value is -3.50. The summed E-state index contributed by atoms with van der Waals surface area (Å²) in [7, 11) is 0. The zero-order chi connectivity index (χ0) is 46.1. The van der Waals surface area contributed by atoms with Crippen LogP contribution in [0.1, 0.15) is 138 Å². The van der Waals surface area contributed by atoms with Crippen molar-refractivity contribution in [3.05, 3.63) is 176 Å². The van der Waals surface area contributed by atoms with Gasteiger partial charge in [-0.25, -0.2) is 0 Å². The second-order valence-electron chi connectivity index (χ2n) is 16.1.